The van der Waals surface area contributed by atoms with Crippen LogP contribution >= 0.6 is 0 Å². The first-order valence-electron chi connectivity index (χ1n) is 14.2. The first-order chi connectivity index (χ1) is 21.6. The zero-order valence-electron chi connectivity index (χ0n) is 25.6. The number of rotatable bonds is 16. The van der Waals surface area contributed by atoms with Crippen LogP contribution in [0.5, 0.6) is 17.2 Å². The van der Waals surface area contributed by atoms with Gasteiger partial charge in [0, 0.05) is 25.5 Å². The van der Waals surface area contributed by atoms with Crippen molar-refractivity contribution in [3.05, 3.63) is 55.7 Å². The van der Waals surface area contributed by atoms with Crippen molar-refractivity contribution < 1.29 is 48.0 Å². The van der Waals surface area contributed by atoms with E-state index >= 15 is 0 Å². The summed E-state index contributed by atoms with van der Waals surface area (Å²) in [5, 5.41) is 15.1. The number of carbonyl (C=O) groups is 3. The lowest BCUT2D eigenvalue weighted by Crippen LogP contribution is -2.26. The van der Waals surface area contributed by atoms with Crippen LogP contribution < -0.4 is 30.3 Å². The average Bonchev–Trinajstić information content (AvgIpc) is 3.25. The van der Waals surface area contributed by atoms with Gasteiger partial charge in [0.25, 0.3) is 5.09 Å². The first-order valence-corrected chi connectivity index (χ1v) is 14.2. The molecular formula is C30H37N3O12. The first kappa shape index (κ1) is 34.4. The van der Waals surface area contributed by atoms with Crippen LogP contribution in [0, 0.1) is 10.1 Å². The number of esters is 2. The van der Waals surface area contributed by atoms with Crippen LogP contribution in [-0.2, 0) is 35.1 Å². The number of hydrogen-bond acceptors (Lipinski definition) is 13. The molecule has 0 aliphatic heterocycles. The van der Waals surface area contributed by atoms with Crippen molar-refractivity contribution in [1.82, 2.24) is 5.32 Å². The molecule has 3 rings (SSSR count). The molecule has 2 aromatic carbocycles. The van der Waals surface area contributed by atoms with E-state index in [1.165, 1.54) is 34.3 Å². The van der Waals surface area contributed by atoms with Crippen molar-refractivity contribution in [3.8, 4) is 28.4 Å². The highest BCUT2D eigenvalue weighted by molar-refractivity contribution is 5.84. The Labute approximate surface area is 259 Å². The third-order valence-electron chi connectivity index (χ3n) is 6.88. The van der Waals surface area contributed by atoms with Crippen molar-refractivity contribution in [3.63, 3.8) is 0 Å². The second-order valence-electron chi connectivity index (χ2n) is 9.87. The van der Waals surface area contributed by atoms with Gasteiger partial charge in [0.15, 0.2) is 11.5 Å². The molecule has 2 N–H and O–H groups in total. The lowest BCUT2D eigenvalue weighted by atomic mass is 9.95. The maximum atomic E-state index is 13.3. The topological polar surface area (TPSA) is 191 Å². The summed E-state index contributed by atoms with van der Waals surface area (Å²) in [4.78, 5) is 63.4. The van der Waals surface area contributed by atoms with E-state index in [9.17, 15) is 29.3 Å². The van der Waals surface area contributed by atoms with Gasteiger partial charge in [-0.1, -0.05) is 6.07 Å². The molecule has 244 valence electrons. The van der Waals surface area contributed by atoms with E-state index < -0.39 is 23.1 Å². The molecule has 45 heavy (non-hydrogen) atoms. The molecule has 1 atom stereocenters. The fourth-order valence-corrected chi connectivity index (χ4v) is 4.94. The lowest BCUT2D eigenvalue weighted by Gasteiger charge is -2.19. The van der Waals surface area contributed by atoms with Gasteiger partial charge in [-0.3, -0.25) is 19.2 Å². The summed E-state index contributed by atoms with van der Waals surface area (Å²) in [7, 11) is 4.56. The molecule has 0 fully saturated rings. The second kappa shape index (κ2) is 16.7. The van der Waals surface area contributed by atoms with Gasteiger partial charge in [0.05, 0.1) is 59.1 Å². The van der Waals surface area contributed by atoms with E-state index in [0.717, 1.165) is 11.1 Å². The normalized spacial score (nSPS) is 13.2. The second-order valence-corrected chi connectivity index (χ2v) is 9.87. The highest BCUT2D eigenvalue weighted by Crippen LogP contribution is 2.50. The Morgan fingerprint density at radius 1 is 0.956 bits per heavy atom. The smallest absolute Gasteiger partial charge is 0.306 e. The van der Waals surface area contributed by atoms with E-state index in [0.29, 0.717) is 41.2 Å². The van der Waals surface area contributed by atoms with E-state index in [-0.39, 0.29) is 62.7 Å². The number of aryl methyl sites for hydroxylation is 1. The summed E-state index contributed by atoms with van der Waals surface area (Å²) in [5.41, 5.74) is 2.80. The van der Waals surface area contributed by atoms with Crippen LogP contribution in [0.1, 0.15) is 49.8 Å². The fourth-order valence-electron chi connectivity index (χ4n) is 4.94. The molecule has 0 bridgehead atoms. The number of amides is 1. The third-order valence-corrected chi connectivity index (χ3v) is 6.88. The molecule has 0 aromatic heterocycles. The summed E-state index contributed by atoms with van der Waals surface area (Å²) in [6, 6.07) is 6.27. The quantitative estimate of drug-likeness (QED) is 0.119. The summed E-state index contributed by atoms with van der Waals surface area (Å²) >= 11 is 0. The largest absolute Gasteiger partial charge is 0.493 e. The minimum Gasteiger partial charge on any atom is -0.493 e. The zero-order valence-corrected chi connectivity index (χ0v) is 25.6. The minimum atomic E-state index is -0.938. The molecule has 1 aliphatic carbocycles. The summed E-state index contributed by atoms with van der Waals surface area (Å²) in [6.07, 6.45) is 0.788. The van der Waals surface area contributed by atoms with Crippen molar-refractivity contribution in [2.75, 3.05) is 53.0 Å². The van der Waals surface area contributed by atoms with Crippen molar-refractivity contribution in [2.24, 2.45) is 0 Å². The molecule has 0 saturated heterocycles. The predicted octanol–water partition coefficient (Wildman–Crippen LogP) is 2.74. The molecule has 15 nitrogen and oxygen atoms in total. The number of carbonyl (C=O) groups excluding carboxylic acids is 3. The molecule has 0 saturated carbocycles. The Morgan fingerprint density at radius 3 is 2.27 bits per heavy atom. The van der Waals surface area contributed by atoms with Gasteiger partial charge < -0.3 is 39.2 Å². The van der Waals surface area contributed by atoms with Crippen LogP contribution in [0.15, 0.2) is 29.1 Å². The molecule has 0 heterocycles. The molecule has 0 spiro atoms. The van der Waals surface area contributed by atoms with Crippen molar-refractivity contribution >= 4 is 23.5 Å². The number of nitrogens with one attached hydrogen (secondary N) is 2. The van der Waals surface area contributed by atoms with Crippen molar-refractivity contribution in [2.45, 2.75) is 45.1 Å². The summed E-state index contributed by atoms with van der Waals surface area (Å²) in [6.45, 7) is 1.17. The van der Waals surface area contributed by atoms with E-state index in [2.05, 4.69) is 15.5 Å². The number of hydrogen-bond donors (Lipinski definition) is 2. The number of anilines is 1. The Kier molecular flexibility index (Phi) is 12.8. The Balaban J connectivity index is 1.72. The highest BCUT2D eigenvalue weighted by atomic mass is 16.9. The minimum absolute atomic E-state index is 0.0766. The maximum Gasteiger partial charge on any atom is 0.306 e. The molecule has 0 radical (unpaired) electrons. The van der Waals surface area contributed by atoms with Gasteiger partial charge in [-0.15, -0.1) is 10.1 Å². The monoisotopic (exact) mass is 631 g/mol. The number of benzene rings is 1. The van der Waals surface area contributed by atoms with Crippen LogP contribution in [-0.4, -0.2) is 70.6 Å². The Bertz CT molecular complexity index is 1460. The standard InChI is InChI=1S/C30H37N3O12/c1-18(34)32-22-8-6-19-16-25(40-2)29(41-3)30(42-4)28(19)20-7-9-23(24(35)17-21(20)22)31-12-15-44-27(37)11-10-26(36)43-13-5-14-45-33(38)39/h7,9,16-17,22H,5-6,8,10-15H2,1-4H3,(H,31,35)(H,32,34)/t22-/m0/s1. The number of nitrogens with zero attached hydrogens (tertiary/aromatic N) is 1. The lowest BCUT2D eigenvalue weighted by molar-refractivity contribution is -0.757. The third kappa shape index (κ3) is 9.45. The van der Waals surface area contributed by atoms with Crippen molar-refractivity contribution in [1.29, 1.82) is 0 Å². The fraction of sp³-hybridized carbons (Fsp3) is 0.467. The van der Waals surface area contributed by atoms with Gasteiger partial charge in [-0.25, -0.2) is 0 Å². The highest BCUT2D eigenvalue weighted by Gasteiger charge is 2.29. The van der Waals surface area contributed by atoms with Gasteiger partial charge in [0.2, 0.25) is 17.1 Å². The molecule has 2 aromatic rings. The zero-order chi connectivity index (χ0) is 32.9. The van der Waals surface area contributed by atoms with E-state index in [4.69, 9.17) is 23.7 Å². The van der Waals surface area contributed by atoms with E-state index in [1.807, 2.05) is 6.07 Å². The van der Waals surface area contributed by atoms with Crippen LogP contribution in [0.2, 0.25) is 0 Å². The van der Waals surface area contributed by atoms with Gasteiger partial charge in [0.1, 0.15) is 6.61 Å². The molecule has 1 aliphatic rings. The number of methoxy groups -OCH3 is 3. The average molecular weight is 632 g/mol. The van der Waals surface area contributed by atoms with Gasteiger partial charge in [-0.05, 0) is 47.7 Å². The summed E-state index contributed by atoms with van der Waals surface area (Å²) in [5.74, 6) is -0.202. The SMILES string of the molecule is COc1cc2c(c(OC)c1OC)-c1ccc(NCCOC(=O)CCC(=O)OCCCO[N+](=O)[O-])c(=O)cc1[C@@H](NC(C)=O)CC2. The van der Waals surface area contributed by atoms with Crippen LogP contribution in [0.3, 0.4) is 0 Å². The van der Waals surface area contributed by atoms with E-state index in [1.54, 1.807) is 12.1 Å². The Morgan fingerprint density at radius 2 is 1.64 bits per heavy atom. The number of ether oxygens (including phenoxy) is 5. The predicted molar refractivity (Wildman–Crippen MR) is 160 cm³/mol. The molecule has 0 unspecified atom stereocenters. The maximum absolute atomic E-state index is 13.3. The van der Waals surface area contributed by atoms with Gasteiger partial charge in [-0.2, -0.15) is 0 Å². The molecule has 15 heteroatoms. The van der Waals surface area contributed by atoms with Crippen LogP contribution in [0.25, 0.3) is 11.1 Å². The number of fused-ring (bicyclic) bond motifs is 3. The van der Waals surface area contributed by atoms with Gasteiger partial charge >= 0.3 is 11.9 Å². The molecule has 1 amide bonds. The summed E-state index contributed by atoms with van der Waals surface area (Å²) < 4.78 is 26.9. The van der Waals surface area contributed by atoms with Crippen LogP contribution in [0.4, 0.5) is 5.69 Å². The molecular weight excluding hydrogens is 594 g/mol. The Hall–Kier alpha value is -5.08.